The van der Waals surface area contributed by atoms with Gasteiger partial charge in [0.2, 0.25) is 5.95 Å². The van der Waals surface area contributed by atoms with Gasteiger partial charge in [-0.15, -0.1) is 0 Å². The van der Waals surface area contributed by atoms with Crippen molar-refractivity contribution in [3.8, 4) is 5.75 Å². The maximum atomic E-state index is 12.3. The Balaban J connectivity index is 1.92. The quantitative estimate of drug-likeness (QED) is 0.692. The highest BCUT2D eigenvalue weighted by molar-refractivity contribution is 5.92. The summed E-state index contributed by atoms with van der Waals surface area (Å²) in [6.07, 6.45) is 4.97. The molecule has 0 bridgehead atoms. The zero-order valence-corrected chi connectivity index (χ0v) is 14.2. The molecule has 0 fully saturated rings. The van der Waals surface area contributed by atoms with E-state index in [9.17, 15) is 4.79 Å². The summed E-state index contributed by atoms with van der Waals surface area (Å²) >= 11 is 0. The predicted molar refractivity (Wildman–Crippen MR) is 94.2 cm³/mol. The summed E-state index contributed by atoms with van der Waals surface area (Å²) in [6.45, 7) is 3.34. The molecule has 0 unspecified atom stereocenters. The molecule has 0 radical (unpaired) electrons. The Morgan fingerprint density at radius 2 is 2.04 bits per heavy atom. The van der Waals surface area contributed by atoms with Crippen LogP contribution in [0.15, 0.2) is 36.5 Å². The van der Waals surface area contributed by atoms with Crippen molar-refractivity contribution in [2.45, 2.75) is 32.7 Å². The first-order chi connectivity index (χ1) is 11.7. The zero-order valence-electron chi connectivity index (χ0n) is 14.2. The Hall–Kier alpha value is -2.63. The lowest BCUT2D eigenvalue weighted by Gasteiger charge is -2.10. The number of carbonyl (C=O) groups excluding carboxylic acids is 1. The van der Waals surface area contributed by atoms with Crippen molar-refractivity contribution in [3.05, 3.63) is 47.8 Å². The summed E-state index contributed by atoms with van der Waals surface area (Å²) in [5, 5.41) is 6.00. The molecule has 1 amide bonds. The lowest BCUT2D eigenvalue weighted by Crippen LogP contribution is -2.24. The standard InChI is InChI=1S/C18H24N4O2/c1-3-4-7-11-19-18-20-12-10-15(22-18)17(23)21-13-14-8-5-6-9-16(14)24-2/h5-6,8-10,12H,3-4,7,11,13H2,1-2H3,(H,21,23)(H,19,20,22). The molecule has 0 saturated carbocycles. The maximum Gasteiger partial charge on any atom is 0.270 e. The van der Waals surface area contributed by atoms with Gasteiger partial charge in [-0.2, -0.15) is 0 Å². The second-order valence-electron chi connectivity index (χ2n) is 5.39. The van der Waals surface area contributed by atoms with Crippen LogP contribution in [0.4, 0.5) is 5.95 Å². The largest absolute Gasteiger partial charge is 0.496 e. The van der Waals surface area contributed by atoms with Crippen LogP contribution in [0, 0.1) is 0 Å². The molecule has 0 atom stereocenters. The van der Waals surface area contributed by atoms with E-state index >= 15 is 0 Å². The lowest BCUT2D eigenvalue weighted by atomic mass is 10.2. The number of ether oxygens (including phenoxy) is 1. The van der Waals surface area contributed by atoms with Crippen molar-refractivity contribution in [2.75, 3.05) is 19.0 Å². The van der Waals surface area contributed by atoms with Gasteiger partial charge in [-0.1, -0.05) is 38.0 Å². The Kier molecular flexibility index (Phi) is 7.01. The van der Waals surface area contributed by atoms with Gasteiger partial charge in [0.1, 0.15) is 11.4 Å². The van der Waals surface area contributed by atoms with Crippen molar-refractivity contribution in [1.82, 2.24) is 15.3 Å². The molecule has 2 N–H and O–H groups in total. The van der Waals surface area contributed by atoms with E-state index in [0.29, 0.717) is 18.2 Å². The van der Waals surface area contributed by atoms with E-state index in [1.165, 1.54) is 0 Å². The van der Waals surface area contributed by atoms with Crippen LogP contribution in [0.2, 0.25) is 0 Å². The van der Waals surface area contributed by atoms with E-state index in [-0.39, 0.29) is 5.91 Å². The number of hydrogen-bond donors (Lipinski definition) is 2. The first-order valence-electron chi connectivity index (χ1n) is 8.21. The Morgan fingerprint density at radius 3 is 2.83 bits per heavy atom. The summed E-state index contributed by atoms with van der Waals surface area (Å²) in [5.74, 6) is 0.995. The van der Waals surface area contributed by atoms with Gasteiger partial charge in [-0.3, -0.25) is 4.79 Å². The summed E-state index contributed by atoms with van der Waals surface area (Å²) in [5.41, 5.74) is 1.26. The van der Waals surface area contributed by atoms with Gasteiger partial charge in [0.05, 0.1) is 7.11 Å². The number of unbranched alkanes of at least 4 members (excludes halogenated alkanes) is 2. The topological polar surface area (TPSA) is 76.1 Å². The van der Waals surface area contributed by atoms with Gasteiger partial charge >= 0.3 is 0 Å². The highest BCUT2D eigenvalue weighted by Crippen LogP contribution is 2.16. The molecule has 0 aliphatic carbocycles. The van der Waals surface area contributed by atoms with Gasteiger partial charge in [0, 0.05) is 24.8 Å². The molecular formula is C18H24N4O2. The zero-order chi connectivity index (χ0) is 17.2. The Labute approximate surface area is 142 Å². The summed E-state index contributed by atoms with van der Waals surface area (Å²) in [6, 6.07) is 9.19. The van der Waals surface area contributed by atoms with Gasteiger partial charge in [0.15, 0.2) is 0 Å². The third-order valence-electron chi connectivity index (χ3n) is 3.58. The number of rotatable bonds is 9. The molecule has 2 aromatic rings. The van der Waals surface area contributed by atoms with E-state index in [1.54, 1.807) is 19.4 Å². The third kappa shape index (κ3) is 5.22. The molecule has 6 heteroatoms. The molecule has 1 heterocycles. The minimum atomic E-state index is -0.236. The average molecular weight is 328 g/mol. The van der Waals surface area contributed by atoms with Crippen LogP contribution < -0.4 is 15.4 Å². The maximum absolute atomic E-state index is 12.3. The van der Waals surface area contributed by atoms with Gasteiger partial charge in [0.25, 0.3) is 5.91 Å². The molecule has 1 aromatic heterocycles. The fourth-order valence-electron chi connectivity index (χ4n) is 2.26. The lowest BCUT2D eigenvalue weighted by molar-refractivity contribution is 0.0945. The number of benzene rings is 1. The van der Waals surface area contributed by atoms with Crippen LogP contribution in [0.1, 0.15) is 42.2 Å². The fourth-order valence-corrected chi connectivity index (χ4v) is 2.26. The molecule has 1 aromatic carbocycles. The van der Waals surface area contributed by atoms with Gasteiger partial charge < -0.3 is 15.4 Å². The SMILES string of the molecule is CCCCCNc1nccc(C(=O)NCc2ccccc2OC)n1. The number of hydrogen-bond acceptors (Lipinski definition) is 5. The number of aromatic nitrogens is 2. The van der Waals surface area contributed by atoms with Crippen LogP contribution in [0.5, 0.6) is 5.75 Å². The van der Waals surface area contributed by atoms with Crippen LogP contribution in [-0.4, -0.2) is 29.5 Å². The second-order valence-corrected chi connectivity index (χ2v) is 5.39. The molecule has 24 heavy (non-hydrogen) atoms. The van der Waals surface area contributed by atoms with Gasteiger partial charge in [-0.05, 0) is 18.6 Å². The molecule has 0 aliphatic rings. The van der Waals surface area contributed by atoms with E-state index in [4.69, 9.17) is 4.74 Å². The van der Waals surface area contributed by atoms with Crippen molar-refractivity contribution < 1.29 is 9.53 Å². The number of carbonyl (C=O) groups is 1. The van der Waals surface area contributed by atoms with Crippen LogP contribution in [0.25, 0.3) is 0 Å². The minimum Gasteiger partial charge on any atom is -0.496 e. The highest BCUT2D eigenvalue weighted by Gasteiger charge is 2.10. The minimum absolute atomic E-state index is 0.236. The molecule has 2 rings (SSSR count). The molecule has 128 valence electrons. The van der Waals surface area contributed by atoms with E-state index in [1.807, 2.05) is 24.3 Å². The molecule has 0 saturated heterocycles. The average Bonchev–Trinajstić information content (AvgIpc) is 2.63. The summed E-state index contributed by atoms with van der Waals surface area (Å²) < 4.78 is 5.28. The van der Waals surface area contributed by atoms with E-state index < -0.39 is 0 Å². The molecule has 0 spiro atoms. The first kappa shape index (κ1) is 17.7. The Bertz CT molecular complexity index is 661. The number of nitrogens with zero attached hydrogens (tertiary/aromatic N) is 2. The van der Waals surface area contributed by atoms with E-state index in [0.717, 1.165) is 37.1 Å². The first-order valence-corrected chi connectivity index (χ1v) is 8.21. The highest BCUT2D eigenvalue weighted by atomic mass is 16.5. The molecule has 0 aliphatic heterocycles. The predicted octanol–water partition coefficient (Wildman–Crippen LogP) is 3.02. The number of amides is 1. The second kappa shape index (κ2) is 9.50. The Morgan fingerprint density at radius 1 is 1.21 bits per heavy atom. The van der Waals surface area contributed by atoms with Crippen LogP contribution >= 0.6 is 0 Å². The number of anilines is 1. The smallest absolute Gasteiger partial charge is 0.270 e. The normalized spacial score (nSPS) is 10.2. The van der Waals surface area contributed by atoms with Crippen molar-refractivity contribution >= 4 is 11.9 Å². The van der Waals surface area contributed by atoms with Crippen molar-refractivity contribution in [3.63, 3.8) is 0 Å². The molecule has 6 nitrogen and oxygen atoms in total. The number of para-hydroxylation sites is 1. The van der Waals surface area contributed by atoms with Crippen molar-refractivity contribution in [1.29, 1.82) is 0 Å². The van der Waals surface area contributed by atoms with E-state index in [2.05, 4.69) is 27.5 Å². The molecular weight excluding hydrogens is 304 g/mol. The fraction of sp³-hybridized carbons (Fsp3) is 0.389. The van der Waals surface area contributed by atoms with Crippen LogP contribution in [0.3, 0.4) is 0 Å². The summed E-state index contributed by atoms with van der Waals surface area (Å²) in [7, 11) is 1.61. The number of nitrogens with one attached hydrogen (secondary N) is 2. The monoisotopic (exact) mass is 328 g/mol. The summed E-state index contributed by atoms with van der Waals surface area (Å²) in [4.78, 5) is 20.7. The third-order valence-corrected chi connectivity index (χ3v) is 3.58. The van der Waals surface area contributed by atoms with Gasteiger partial charge in [-0.25, -0.2) is 9.97 Å². The van der Waals surface area contributed by atoms with Crippen LogP contribution in [-0.2, 0) is 6.54 Å². The number of methoxy groups -OCH3 is 1. The van der Waals surface area contributed by atoms with Crippen molar-refractivity contribution in [2.24, 2.45) is 0 Å².